The Morgan fingerprint density at radius 1 is 1.12 bits per heavy atom. The first-order valence-corrected chi connectivity index (χ1v) is 11.2. The molecule has 146 valence electrons. The Morgan fingerprint density at radius 3 is 2.42 bits per heavy atom. The van der Waals surface area contributed by atoms with Crippen LogP contribution in [-0.4, -0.2) is 46.3 Å². The van der Waals surface area contributed by atoms with Crippen LogP contribution in [-0.2, 0) is 15.4 Å². The number of hydrogen-bond donors (Lipinski definition) is 3. The lowest BCUT2D eigenvalue weighted by molar-refractivity contribution is 0.253. The number of hydrogen-bond acceptors (Lipinski definition) is 3. The maximum absolute atomic E-state index is 11.4. The Hall–Kier alpha value is -1.60. The van der Waals surface area contributed by atoms with Crippen LogP contribution in [0.4, 0.5) is 0 Å². The van der Waals surface area contributed by atoms with Crippen molar-refractivity contribution in [2.24, 2.45) is 4.99 Å². The third-order valence-electron chi connectivity index (χ3n) is 4.93. The summed E-state index contributed by atoms with van der Waals surface area (Å²) in [6, 6.07) is 10.7. The van der Waals surface area contributed by atoms with Gasteiger partial charge in [0.15, 0.2) is 5.96 Å². The highest BCUT2D eigenvalue weighted by molar-refractivity contribution is 7.89. The van der Waals surface area contributed by atoms with Crippen LogP contribution in [0, 0.1) is 0 Å². The van der Waals surface area contributed by atoms with Crippen LogP contribution in [0.2, 0.25) is 0 Å². The smallest absolute Gasteiger partial charge is 0.211 e. The SMILES string of the molecule is CCNC(=NCC1(c2ccccc2)CCC1)NCCCNS(=O)(=O)CC. The third-order valence-corrected chi connectivity index (χ3v) is 6.33. The maximum Gasteiger partial charge on any atom is 0.211 e. The van der Waals surface area contributed by atoms with Crippen molar-refractivity contribution in [3.63, 3.8) is 0 Å². The molecule has 26 heavy (non-hydrogen) atoms. The molecule has 0 bridgehead atoms. The Bertz CT molecular complexity index is 670. The van der Waals surface area contributed by atoms with E-state index in [-0.39, 0.29) is 11.2 Å². The minimum absolute atomic E-state index is 0.117. The fourth-order valence-corrected chi connectivity index (χ4v) is 3.79. The largest absolute Gasteiger partial charge is 0.357 e. The Labute approximate surface area is 157 Å². The first kappa shape index (κ1) is 20.7. The lowest BCUT2D eigenvalue weighted by atomic mass is 9.64. The summed E-state index contributed by atoms with van der Waals surface area (Å²) in [6.45, 7) is 6.37. The van der Waals surface area contributed by atoms with E-state index in [9.17, 15) is 8.42 Å². The van der Waals surface area contributed by atoms with E-state index in [2.05, 4.69) is 45.7 Å². The van der Waals surface area contributed by atoms with Crippen LogP contribution in [0.3, 0.4) is 0 Å². The van der Waals surface area contributed by atoms with Crippen LogP contribution in [0.25, 0.3) is 0 Å². The third kappa shape index (κ3) is 5.99. The zero-order valence-corrected chi connectivity index (χ0v) is 16.7. The van der Waals surface area contributed by atoms with E-state index in [1.54, 1.807) is 6.92 Å². The van der Waals surface area contributed by atoms with Gasteiger partial charge in [0.05, 0.1) is 12.3 Å². The van der Waals surface area contributed by atoms with Crippen molar-refractivity contribution in [2.75, 3.05) is 31.9 Å². The molecule has 3 N–H and O–H groups in total. The number of aliphatic imine (C=N–C) groups is 1. The summed E-state index contributed by atoms with van der Waals surface area (Å²) in [6.07, 6.45) is 4.33. The number of nitrogens with one attached hydrogen (secondary N) is 3. The summed E-state index contributed by atoms with van der Waals surface area (Å²) in [5.41, 5.74) is 1.54. The molecule has 0 amide bonds. The van der Waals surface area contributed by atoms with Crippen molar-refractivity contribution < 1.29 is 8.42 Å². The van der Waals surface area contributed by atoms with Gasteiger partial charge in [0, 0.05) is 25.0 Å². The van der Waals surface area contributed by atoms with Crippen molar-refractivity contribution in [1.82, 2.24) is 15.4 Å². The molecule has 1 aliphatic rings. The summed E-state index contributed by atoms with van der Waals surface area (Å²) >= 11 is 0. The van der Waals surface area contributed by atoms with E-state index < -0.39 is 10.0 Å². The fourth-order valence-electron chi connectivity index (χ4n) is 3.13. The van der Waals surface area contributed by atoms with Crippen molar-refractivity contribution in [2.45, 2.75) is 44.9 Å². The number of nitrogens with zero attached hydrogens (tertiary/aromatic N) is 1. The van der Waals surface area contributed by atoms with Crippen LogP contribution < -0.4 is 15.4 Å². The summed E-state index contributed by atoms with van der Waals surface area (Å²) < 4.78 is 25.4. The quantitative estimate of drug-likeness (QED) is 0.329. The van der Waals surface area contributed by atoms with Crippen molar-refractivity contribution >= 4 is 16.0 Å². The minimum Gasteiger partial charge on any atom is -0.357 e. The summed E-state index contributed by atoms with van der Waals surface area (Å²) in [5, 5.41) is 6.57. The van der Waals surface area contributed by atoms with Gasteiger partial charge >= 0.3 is 0 Å². The topological polar surface area (TPSA) is 82.6 Å². The van der Waals surface area contributed by atoms with Gasteiger partial charge < -0.3 is 10.6 Å². The van der Waals surface area contributed by atoms with Crippen LogP contribution >= 0.6 is 0 Å². The monoisotopic (exact) mass is 380 g/mol. The summed E-state index contributed by atoms with van der Waals surface area (Å²) in [7, 11) is -3.11. The van der Waals surface area contributed by atoms with Gasteiger partial charge in [-0.1, -0.05) is 36.8 Å². The van der Waals surface area contributed by atoms with Gasteiger partial charge in [-0.15, -0.1) is 0 Å². The molecule has 1 aromatic carbocycles. The molecule has 6 nitrogen and oxygen atoms in total. The summed E-state index contributed by atoms with van der Waals surface area (Å²) in [5.74, 6) is 0.916. The molecule has 7 heteroatoms. The molecular weight excluding hydrogens is 348 g/mol. The van der Waals surface area contributed by atoms with E-state index in [1.807, 2.05) is 6.92 Å². The molecule has 2 rings (SSSR count). The van der Waals surface area contributed by atoms with E-state index in [4.69, 9.17) is 4.99 Å². The molecular formula is C19H32N4O2S. The fraction of sp³-hybridized carbons (Fsp3) is 0.632. The number of rotatable bonds is 10. The highest BCUT2D eigenvalue weighted by atomic mass is 32.2. The molecule has 0 saturated heterocycles. The molecule has 1 aliphatic carbocycles. The molecule has 0 heterocycles. The van der Waals surface area contributed by atoms with Gasteiger partial charge in [0.2, 0.25) is 10.0 Å². The van der Waals surface area contributed by atoms with Crippen molar-refractivity contribution in [1.29, 1.82) is 0 Å². The number of sulfonamides is 1. The second-order valence-corrected chi connectivity index (χ2v) is 8.87. The molecule has 1 aromatic rings. The number of guanidine groups is 1. The molecule has 0 aliphatic heterocycles. The first-order valence-electron chi connectivity index (χ1n) is 9.56. The van der Waals surface area contributed by atoms with Crippen LogP contribution in [0.5, 0.6) is 0 Å². The zero-order chi connectivity index (χ0) is 18.9. The maximum atomic E-state index is 11.4. The molecule has 1 fully saturated rings. The minimum atomic E-state index is -3.11. The lowest BCUT2D eigenvalue weighted by Crippen LogP contribution is -2.42. The Morgan fingerprint density at radius 2 is 1.85 bits per heavy atom. The van der Waals surface area contributed by atoms with Crippen LogP contribution in [0.1, 0.15) is 45.1 Å². The second-order valence-electron chi connectivity index (χ2n) is 6.77. The Kier molecular flexibility index (Phi) is 7.90. The molecule has 0 radical (unpaired) electrons. The first-order chi connectivity index (χ1) is 12.5. The average molecular weight is 381 g/mol. The van der Waals surface area contributed by atoms with E-state index in [0.717, 1.165) is 19.0 Å². The predicted molar refractivity (Wildman–Crippen MR) is 108 cm³/mol. The standard InChI is InChI=1S/C19H32N4O2S/c1-3-20-18(21-14-9-15-23-26(24,25)4-2)22-16-19(12-8-13-19)17-10-6-5-7-11-17/h5-7,10-11,23H,3-4,8-9,12-16H2,1-2H3,(H2,20,21,22). The van der Waals surface area contributed by atoms with Gasteiger partial charge in [-0.3, -0.25) is 4.99 Å². The molecule has 0 unspecified atom stereocenters. The highest BCUT2D eigenvalue weighted by Gasteiger charge is 2.38. The van der Waals surface area contributed by atoms with Gasteiger partial charge in [-0.25, -0.2) is 13.1 Å². The van der Waals surface area contributed by atoms with Crippen LogP contribution in [0.15, 0.2) is 35.3 Å². The van der Waals surface area contributed by atoms with E-state index >= 15 is 0 Å². The molecule has 0 spiro atoms. The predicted octanol–water partition coefficient (Wildman–Crippen LogP) is 1.99. The lowest BCUT2D eigenvalue weighted by Gasteiger charge is -2.41. The van der Waals surface area contributed by atoms with Gasteiger partial charge in [0.25, 0.3) is 0 Å². The highest BCUT2D eigenvalue weighted by Crippen LogP contribution is 2.43. The van der Waals surface area contributed by atoms with E-state index in [0.29, 0.717) is 19.5 Å². The zero-order valence-electron chi connectivity index (χ0n) is 15.9. The normalized spacial score (nSPS) is 16.8. The van der Waals surface area contributed by atoms with Gasteiger partial charge in [-0.2, -0.15) is 0 Å². The molecule has 1 saturated carbocycles. The average Bonchev–Trinajstić information content (AvgIpc) is 2.61. The van der Waals surface area contributed by atoms with Gasteiger partial charge in [0.1, 0.15) is 0 Å². The molecule has 0 atom stereocenters. The summed E-state index contributed by atoms with van der Waals surface area (Å²) in [4.78, 5) is 4.80. The van der Waals surface area contributed by atoms with Gasteiger partial charge in [-0.05, 0) is 38.7 Å². The van der Waals surface area contributed by atoms with E-state index in [1.165, 1.54) is 24.8 Å². The Balaban J connectivity index is 1.86. The van der Waals surface area contributed by atoms with Crippen molar-refractivity contribution in [3.8, 4) is 0 Å². The van der Waals surface area contributed by atoms with Crippen molar-refractivity contribution in [3.05, 3.63) is 35.9 Å². The molecule has 0 aromatic heterocycles. The second kappa shape index (κ2) is 9.92. The number of benzene rings is 1.